The maximum Gasteiger partial charge on any atom is 0.253 e. The SMILES string of the molecule is CC1CN(CCC2CCN(C(=O)c3ccc(CN)cc3)CC2)CC(C)O1.Cl. The van der Waals surface area contributed by atoms with Crippen LogP contribution in [-0.4, -0.2) is 60.6 Å². The molecule has 1 amide bonds. The number of hydrogen-bond acceptors (Lipinski definition) is 4. The predicted octanol–water partition coefficient (Wildman–Crippen LogP) is 2.92. The van der Waals surface area contributed by atoms with Crippen LogP contribution in [0.25, 0.3) is 0 Å². The molecule has 6 heteroatoms. The van der Waals surface area contributed by atoms with Gasteiger partial charge in [-0.15, -0.1) is 12.4 Å². The van der Waals surface area contributed by atoms with Gasteiger partial charge in [-0.05, 0) is 63.3 Å². The Morgan fingerprint density at radius 2 is 1.70 bits per heavy atom. The third-order valence-corrected chi connectivity index (χ3v) is 5.69. The Kier molecular flexibility index (Phi) is 8.55. The molecule has 2 atom stereocenters. The van der Waals surface area contributed by atoms with E-state index in [2.05, 4.69) is 18.7 Å². The van der Waals surface area contributed by atoms with E-state index in [4.69, 9.17) is 10.5 Å². The zero-order chi connectivity index (χ0) is 18.5. The zero-order valence-corrected chi connectivity index (χ0v) is 17.4. The second-order valence-corrected chi connectivity index (χ2v) is 7.94. The normalized spacial score (nSPS) is 24.5. The summed E-state index contributed by atoms with van der Waals surface area (Å²) in [5.41, 5.74) is 7.46. The van der Waals surface area contributed by atoms with Gasteiger partial charge in [-0.3, -0.25) is 9.69 Å². The number of halogens is 1. The van der Waals surface area contributed by atoms with E-state index in [1.165, 1.54) is 6.42 Å². The van der Waals surface area contributed by atoms with Crippen molar-refractivity contribution in [3.05, 3.63) is 35.4 Å². The molecule has 5 nitrogen and oxygen atoms in total. The number of rotatable bonds is 5. The first-order valence-electron chi connectivity index (χ1n) is 10.0. The lowest BCUT2D eigenvalue weighted by Gasteiger charge is -2.37. The molecule has 0 aliphatic carbocycles. The minimum absolute atomic E-state index is 0. The number of carbonyl (C=O) groups excluding carboxylic acids is 1. The van der Waals surface area contributed by atoms with Crippen LogP contribution < -0.4 is 5.73 Å². The molecular formula is C21H34ClN3O2. The fraction of sp³-hybridized carbons (Fsp3) is 0.667. The highest BCUT2D eigenvalue weighted by Gasteiger charge is 2.26. The van der Waals surface area contributed by atoms with Gasteiger partial charge in [-0.25, -0.2) is 0 Å². The van der Waals surface area contributed by atoms with E-state index in [0.717, 1.165) is 62.6 Å². The van der Waals surface area contributed by atoms with E-state index in [1.54, 1.807) is 0 Å². The molecule has 0 bridgehead atoms. The van der Waals surface area contributed by atoms with Gasteiger partial charge in [0, 0.05) is 38.3 Å². The van der Waals surface area contributed by atoms with Gasteiger partial charge in [0.25, 0.3) is 5.91 Å². The van der Waals surface area contributed by atoms with Crippen LogP contribution in [0.1, 0.15) is 49.0 Å². The summed E-state index contributed by atoms with van der Waals surface area (Å²) in [6.07, 6.45) is 4.13. The third kappa shape index (κ3) is 6.18. The molecule has 0 aromatic heterocycles. The molecule has 3 rings (SSSR count). The predicted molar refractivity (Wildman–Crippen MR) is 111 cm³/mol. The summed E-state index contributed by atoms with van der Waals surface area (Å²) in [7, 11) is 0. The highest BCUT2D eigenvalue weighted by Crippen LogP contribution is 2.23. The van der Waals surface area contributed by atoms with E-state index < -0.39 is 0 Å². The molecular weight excluding hydrogens is 362 g/mol. The Morgan fingerprint density at radius 3 is 2.26 bits per heavy atom. The van der Waals surface area contributed by atoms with Gasteiger partial charge in [0.1, 0.15) is 0 Å². The standard InChI is InChI=1S/C21H33N3O2.ClH/c1-16-14-23(15-17(2)26-16)10-7-18-8-11-24(12-9-18)21(25)20-5-3-19(13-22)4-6-20;/h3-6,16-18H,7-15,22H2,1-2H3;1H. The van der Waals surface area contributed by atoms with Gasteiger partial charge in [-0.2, -0.15) is 0 Å². The highest BCUT2D eigenvalue weighted by atomic mass is 35.5. The van der Waals surface area contributed by atoms with Crippen LogP contribution in [0, 0.1) is 5.92 Å². The van der Waals surface area contributed by atoms with Crippen molar-refractivity contribution >= 4 is 18.3 Å². The van der Waals surface area contributed by atoms with Gasteiger partial charge in [0.05, 0.1) is 12.2 Å². The summed E-state index contributed by atoms with van der Waals surface area (Å²) < 4.78 is 5.81. The van der Waals surface area contributed by atoms with E-state index in [1.807, 2.05) is 29.2 Å². The number of likely N-dealkylation sites (tertiary alicyclic amines) is 1. The lowest BCUT2D eigenvalue weighted by Crippen LogP contribution is -2.46. The Bertz CT molecular complexity index is 578. The number of hydrogen-bond donors (Lipinski definition) is 1. The average Bonchev–Trinajstić information content (AvgIpc) is 2.65. The molecule has 1 aromatic carbocycles. The van der Waals surface area contributed by atoms with Crippen LogP contribution in [0.4, 0.5) is 0 Å². The minimum Gasteiger partial charge on any atom is -0.373 e. The summed E-state index contributed by atoms with van der Waals surface area (Å²) in [6.45, 7) is 9.81. The first-order valence-corrected chi connectivity index (χ1v) is 10.0. The molecule has 27 heavy (non-hydrogen) atoms. The van der Waals surface area contributed by atoms with Crippen molar-refractivity contribution in [3.8, 4) is 0 Å². The lowest BCUT2D eigenvalue weighted by molar-refractivity contribution is -0.0693. The molecule has 2 fully saturated rings. The van der Waals surface area contributed by atoms with Crippen LogP contribution in [0.3, 0.4) is 0 Å². The minimum atomic E-state index is 0. The zero-order valence-electron chi connectivity index (χ0n) is 16.6. The highest BCUT2D eigenvalue weighted by molar-refractivity contribution is 5.94. The Morgan fingerprint density at radius 1 is 1.11 bits per heavy atom. The quantitative estimate of drug-likeness (QED) is 0.832. The number of amides is 1. The van der Waals surface area contributed by atoms with Crippen molar-refractivity contribution in [1.29, 1.82) is 0 Å². The summed E-state index contributed by atoms with van der Waals surface area (Å²) in [5.74, 6) is 0.884. The summed E-state index contributed by atoms with van der Waals surface area (Å²) in [5, 5.41) is 0. The van der Waals surface area contributed by atoms with E-state index in [9.17, 15) is 4.79 Å². The van der Waals surface area contributed by atoms with Crippen molar-refractivity contribution in [1.82, 2.24) is 9.80 Å². The summed E-state index contributed by atoms with van der Waals surface area (Å²) in [4.78, 5) is 17.2. The molecule has 2 aliphatic heterocycles. The van der Waals surface area contributed by atoms with Gasteiger partial charge in [0.15, 0.2) is 0 Å². The van der Waals surface area contributed by atoms with E-state index in [0.29, 0.717) is 18.8 Å². The molecule has 152 valence electrons. The molecule has 2 unspecified atom stereocenters. The largest absolute Gasteiger partial charge is 0.373 e. The fourth-order valence-electron chi connectivity index (χ4n) is 4.22. The molecule has 2 saturated heterocycles. The maximum atomic E-state index is 12.7. The van der Waals surface area contributed by atoms with Gasteiger partial charge in [0.2, 0.25) is 0 Å². The van der Waals surface area contributed by atoms with Crippen LogP contribution in [0.15, 0.2) is 24.3 Å². The molecule has 1 aromatic rings. The Labute approximate surface area is 169 Å². The second-order valence-electron chi connectivity index (χ2n) is 7.94. The molecule has 2 aliphatic rings. The maximum absolute atomic E-state index is 12.7. The van der Waals surface area contributed by atoms with E-state index >= 15 is 0 Å². The number of nitrogens with two attached hydrogens (primary N) is 1. The van der Waals surface area contributed by atoms with Crippen LogP contribution in [0.2, 0.25) is 0 Å². The molecule has 0 saturated carbocycles. The summed E-state index contributed by atoms with van der Waals surface area (Å²) in [6, 6.07) is 7.70. The first kappa shape index (κ1) is 22.2. The van der Waals surface area contributed by atoms with Gasteiger partial charge < -0.3 is 15.4 Å². The molecule has 0 radical (unpaired) electrons. The van der Waals surface area contributed by atoms with E-state index in [-0.39, 0.29) is 18.3 Å². The third-order valence-electron chi connectivity index (χ3n) is 5.69. The summed E-state index contributed by atoms with van der Waals surface area (Å²) >= 11 is 0. The van der Waals surface area contributed by atoms with Crippen LogP contribution in [0.5, 0.6) is 0 Å². The van der Waals surface area contributed by atoms with Crippen molar-refractivity contribution in [2.75, 3.05) is 32.7 Å². The molecule has 2 heterocycles. The van der Waals surface area contributed by atoms with Crippen molar-refractivity contribution < 1.29 is 9.53 Å². The molecule has 2 N–H and O–H groups in total. The second kappa shape index (κ2) is 10.4. The first-order chi connectivity index (χ1) is 12.5. The number of nitrogens with zero attached hydrogens (tertiary/aromatic N) is 2. The average molecular weight is 396 g/mol. The van der Waals surface area contributed by atoms with Crippen molar-refractivity contribution in [2.24, 2.45) is 11.7 Å². The van der Waals surface area contributed by atoms with Gasteiger partial charge >= 0.3 is 0 Å². The Hall–Kier alpha value is -1.14. The number of ether oxygens (including phenoxy) is 1. The number of carbonyl (C=O) groups is 1. The van der Waals surface area contributed by atoms with Crippen LogP contribution >= 0.6 is 12.4 Å². The smallest absolute Gasteiger partial charge is 0.253 e. The van der Waals surface area contributed by atoms with Crippen molar-refractivity contribution in [2.45, 2.75) is 51.9 Å². The monoisotopic (exact) mass is 395 g/mol. The number of morpholine rings is 1. The van der Waals surface area contributed by atoms with Gasteiger partial charge in [-0.1, -0.05) is 12.1 Å². The topological polar surface area (TPSA) is 58.8 Å². The number of piperidine rings is 1. The fourth-order valence-corrected chi connectivity index (χ4v) is 4.22. The molecule has 0 spiro atoms. The lowest BCUT2D eigenvalue weighted by atomic mass is 9.92. The Balaban J connectivity index is 0.00000261. The number of benzene rings is 1. The van der Waals surface area contributed by atoms with Crippen LogP contribution in [-0.2, 0) is 11.3 Å². The van der Waals surface area contributed by atoms with Crippen molar-refractivity contribution in [3.63, 3.8) is 0 Å².